The fourth-order valence-corrected chi connectivity index (χ4v) is 1.18. The van der Waals surface area contributed by atoms with Gasteiger partial charge in [0.2, 0.25) is 0 Å². The zero-order chi connectivity index (χ0) is 10.8. The number of halogens is 4. The van der Waals surface area contributed by atoms with E-state index in [-0.39, 0.29) is 32.0 Å². The quantitative estimate of drug-likeness (QED) is 0.760. The number of hydrogen-bond donors (Lipinski definition) is 2. The molecule has 1 heterocycles. The summed E-state index contributed by atoms with van der Waals surface area (Å²) in [6.07, 6.45) is -6.45. The van der Waals surface area contributed by atoms with Crippen LogP contribution in [-0.4, -0.2) is 42.5 Å². The first-order valence-corrected chi connectivity index (χ1v) is 4.03. The minimum Gasteiger partial charge on any atom is -0.481 e. The van der Waals surface area contributed by atoms with E-state index in [4.69, 9.17) is 5.11 Å². The van der Waals surface area contributed by atoms with Gasteiger partial charge in [0.25, 0.3) is 0 Å². The number of carboxylic acids is 1. The molecule has 2 atom stereocenters. The molecule has 0 amide bonds. The molecule has 0 radical (unpaired) electrons. The number of alkyl halides is 3. The molecule has 1 aliphatic heterocycles. The van der Waals surface area contributed by atoms with E-state index in [2.05, 4.69) is 10.1 Å². The van der Waals surface area contributed by atoms with Crippen molar-refractivity contribution in [1.82, 2.24) is 5.32 Å². The standard InChI is InChI=1S/C7H10F3NO3.ClH/c8-7(9,10)5-2-11-4(3-14-5)1-6(12)13;/h4-5,11H,1-3H2,(H,12,13);1H/t4-,5-;/m1./s1. The summed E-state index contributed by atoms with van der Waals surface area (Å²) in [5.74, 6) is -1.06. The van der Waals surface area contributed by atoms with Gasteiger partial charge < -0.3 is 15.2 Å². The van der Waals surface area contributed by atoms with Gasteiger partial charge in [0, 0.05) is 12.6 Å². The van der Waals surface area contributed by atoms with Crippen LogP contribution in [0.25, 0.3) is 0 Å². The smallest absolute Gasteiger partial charge is 0.415 e. The zero-order valence-electron chi connectivity index (χ0n) is 7.58. The van der Waals surface area contributed by atoms with Crippen molar-refractivity contribution in [3.8, 4) is 0 Å². The van der Waals surface area contributed by atoms with E-state index in [9.17, 15) is 18.0 Å². The molecule has 0 unspecified atom stereocenters. The second kappa shape index (κ2) is 5.53. The van der Waals surface area contributed by atoms with E-state index >= 15 is 0 Å². The first kappa shape index (κ1) is 14.5. The average molecular weight is 250 g/mol. The monoisotopic (exact) mass is 249 g/mol. The highest BCUT2D eigenvalue weighted by atomic mass is 35.5. The molecule has 0 saturated carbocycles. The molecule has 0 aliphatic carbocycles. The summed E-state index contributed by atoms with van der Waals surface area (Å²) in [6, 6.07) is -0.536. The molecule has 1 aliphatic rings. The summed E-state index contributed by atoms with van der Waals surface area (Å²) in [4.78, 5) is 10.2. The molecular formula is C7H11ClF3NO3. The van der Waals surface area contributed by atoms with Crippen LogP contribution >= 0.6 is 12.4 Å². The lowest BCUT2D eigenvalue weighted by Crippen LogP contribution is -2.52. The van der Waals surface area contributed by atoms with Crippen LogP contribution in [-0.2, 0) is 9.53 Å². The molecule has 4 nitrogen and oxygen atoms in total. The highest BCUT2D eigenvalue weighted by Gasteiger charge is 2.43. The molecular weight excluding hydrogens is 239 g/mol. The van der Waals surface area contributed by atoms with Gasteiger partial charge >= 0.3 is 12.1 Å². The van der Waals surface area contributed by atoms with Crippen molar-refractivity contribution in [3.05, 3.63) is 0 Å². The molecule has 90 valence electrons. The van der Waals surface area contributed by atoms with Crippen molar-refractivity contribution in [3.63, 3.8) is 0 Å². The largest absolute Gasteiger partial charge is 0.481 e. The van der Waals surface area contributed by atoms with Gasteiger partial charge in [-0.15, -0.1) is 12.4 Å². The first-order chi connectivity index (χ1) is 6.39. The molecule has 0 spiro atoms. The first-order valence-electron chi connectivity index (χ1n) is 4.03. The number of aliphatic carboxylic acids is 1. The normalized spacial score (nSPS) is 26.9. The second-order valence-electron chi connectivity index (χ2n) is 3.07. The van der Waals surface area contributed by atoms with Gasteiger partial charge in [-0.25, -0.2) is 0 Å². The van der Waals surface area contributed by atoms with Crippen molar-refractivity contribution >= 4 is 18.4 Å². The summed E-state index contributed by atoms with van der Waals surface area (Å²) < 4.78 is 40.7. The lowest BCUT2D eigenvalue weighted by Gasteiger charge is -2.30. The van der Waals surface area contributed by atoms with E-state index in [1.807, 2.05) is 0 Å². The second-order valence-corrected chi connectivity index (χ2v) is 3.07. The molecule has 1 saturated heterocycles. The highest BCUT2D eigenvalue weighted by Crippen LogP contribution is 2.24. The predicted molar refractivity (Wildman–Crippen MR) is 47.1 cm³/mol. The fourth-order valence-electron chi connectivity index (χ4n) is 1.18. The Balaban J connectivity index is 0.00000196. The predicted octanol–water partition coefficient (Wildman–Crippen LogP) is 0.802. The minimum absolute atomic E-state index is 0. The molecule has 0 aromatic heterocycles. The Kier molecular flexibility index (Phi) is 5.33. The lowest BCUT2D eigenvalue weighted by molar-refractivity contribution is -0.229. The Labute approximate surface area is 90.2 Å². The van der Waals surface area contributed by atoms with Gasteiger partial charge in [-0.1, -0.05) is 0 Å². The van der Waals surface area contributed by atoms with Crippen LogP contribution in [0.2, 0.25) is 0 Å². The van der Waals surface area contributed by atoms with E-state index in [0.717, 1.165) is 0 Å². The Morgan fingerprint density at radius 1 is 1.53 bits per heavy atom. The molecule has 1 fully saturated rings. The van der Waals surface area contributed by atoms with Gasteiger partial charge in [0.05, 0.1) is 13.0 Å². The van der Waals surface area contributed by atoms with Gasteiger partial charge in [-0.2, -0.15) is 13.2 Å². The van der Waals surface area contributed by atoms with Crippen LogP contribution < -0.4 is 5.32 Å². The SMILES string of the molecule is Cl.O=C(O)C[C@@H]1CO[C@@H](C(F)(F)F)CN1. The van der Waals surface area contributed by atoms with Crippen molar-refractivity contribution in [1.29, 1.82) is 0 Å². The Hall–Kier alpha value is -0.530. The Morgan fingerprint density at radius 2 is 2.13 bits per heavy atom. The van der Waals surface area contributed by atoms with E-state index in [1.165, 1.54) is 0 Å². The summed E-state index contributed by atoms with van der Waals surface area (Å²) in [6.45, 7) is -0.613. The van der Waals surface area contributed by atoms with Crippen LogP contribution in [0.15, 0.2) is 0 Å². The molecule has 8 heteroatoms. The third-order valence-corrected chi connectivity index (χ3v) is 1.88. The van der Waals surface area contributed by atoms with E-state index in [1.54, 1.807) is 0 Å². The minimum atomic E-state index is -4.39. The van der Waals surface area contributed by atoms with E-state index < -0.39 is 24.3 Å². The molecule has 0 aromatic rings. The Bertz CT molecular complexity index is 216. The third-order valence-electron chi connectivity index (χ3n) is 1.88. The zero-order valence-corrected chi connectivity index (χ0v) is 8.40. The molecule has 15 heavy (non-hydrogen) atoms. The van der Waals surface area contributed by atoms with Crippen LogP contribution in [0.3, 0.4) is 0 Å². The summed E-state index contributed by atoms with van der Waals surface area (Å²) >= 11 is 0. The molecule has 1 rings (SSSR count). The number of carbonyl (C=O) groups is 1. The fraction of sp³-hybridized carbons (Fsp3) is 0.857. The Morgan fingerprint density at radius 3 is 2.47 bits per heavy atom. The molecule has 0 aromatic carbocycles. The third kappa shape index (κ3) is 4.67. The number of carboxylic acid groups (broad SMARTS) is 1. The lowest BCUT2D eigenvalue weighted by atomic mass is 10.1. The summed E-state index contributed by atoms with van der Waals surface area (Å²) in [5.41, 5.74) is 0. The van der Waals surface area contributed by atoms with Crippen molar-refractivity contribution in [2.75, 3.05) is 13.2 Å². The highest BCUT2D eigenvalue weighted by molar-refractivity contribution is 5.85. The summed E-state index contributed by atoms with van der Waals surface area (Å²) in [7, 11) is 0. The van der Waals surface area contributed by atoms with Crippen LogP contribution in [0.4, 0.5) is 13.2 Å². The van der Waals surface area contributed by atoms with Gasteiger partial charge in [0.15, 0.2) is 6.10 Å². The number of hydrogen-bond acceptors (Lipinski definition) is 3. The maximum Gasteiger partial charge on any atom is 0.415 e. The van der Waals surface area contributed by atoms with Crippen LogP contribution in [0.5, 0.6) is 0 Å². The van der Waals surface area contributed by atoms with E-state index in [0.29, 0.717) is 0 Å². The number of rotatable bonds is 2. The molecule has 2 N–H and O–H groups in total. The van der Waals surface area contributed by atoms with Crippen molar-refractivity contribution in [2.24, 2.45) is 0 Å². The number of morpholine rings is 1. The maximum absolute atomic E-state index is 12.0. The summed E-state index contributed by atoms with van der Waals surface area (Å²) in [5, 5.41) is 10.9. The maximum atomic E-state index is 12.0. The van der Waals surface area contributed by atoms with Crippen molar-refractivity contribution < 1.29 is 27.8 Å². The topological polar surface area (TPSA) is 58.6 Å². The molecule has 0 bridgehead atoms. The average Bonchev–Trinajstić information content (AvgIpc) is 2.02. The number of nitrogens with one attached hydrogen (secondary N) is 1. The van der Waals surface area contributed by atoms with Crippen molar-refractivity contribution in [2.45, 2.75) is 24.7 Å². The van der Waals surface area contributed by atoms with Gasteiger partial charge in [-0.05, 0) is 0 Å². The number of ether oxygens (including phenoxy) is 1. The van der Waals surface area contributed by atoms with Gasteiger partial charge in [0.1, 0.15) is 0 Å². The van der Waals surface area contributed by atoms with Gasteiger partial charge in [-0.3, -0.25) is 4.79 Å². The van der Waals surface area contributed by atoms with Crippen LogP contribution in [0, 0.1) is 0 Å². The van der Waals surface area contributed by atoms with Crippen LogP contribution in [0.1, 0.15) is 6.42 Å².